The highest BCUT2D eigenvalue weighted by atomic mass is 35.5. The first-order chi connectivity index (χ1) is 8.79. The zero-order valence-corrected chi connectivity index (χ0v) is 11.1. The molecule has 0 bridgehead atoms. The van der Waals surface area contributed by atoms with Crippen molar-refractivity contribution in [3.63, 3.8) is 0 Å². The summed E-state index contributed by atoms with van der Waals surface area (Å²) in [6.45, 7) is 2.50. The van der Waals surface area contributed by atoms with Crippen LogP contribution in [0.25, 0.3) is 0 Å². The molecule has 98 valence electrons. The Morgan fingerprint density at radius 2 is 2.00 bits per heavy atom. The summed E-state index contributed by atoms with van der Waals surface area (Å²) in [5, 5.41) is 4.31. The summed E-state index contributed by atoms with van der Waals surface area (Å²) in [5.74, 6) is -0.395. The standard InChI is InChI=1S/C14H18ClNO2/c15-12-5-2-1-4-11(12)13-10-14(6-7-16-13)17-8-3-9-18-14/h1-2,4-5,13,16H,3,6-10H2. The van der Waals surface area contributed by atoms with E-state index >= 15 is 0 Å². The average Bonchev–Trinajstić information content (AvgIpc) is 2.40. The highest BCUT2D eigenvalue weighted by molar-refractivity contribution is 6.31. The first kappa shape index (κ1) is 12.4. The molecule has 1 aromatic rings. The Kier molecular flexibility index (Phi) is 3.57. The first-order valence-corrected chi connectivity index (χ1v) is 6.93. The Morgan fingerprint density at radius 3 is 2.78 bits per heavy atom. The molecule has 1 spiro atoms. The summed E-state index contributed by atoms with van der Waals surface area (Å²) in [5.41, 5.74) is 1.14. The van der Waals surface area contributed by atoms with Gasteiger partial charge in [-0.05, 0) is 18.1 Å². The van der Waals surface area contributed by atoms with E-state index in [1.54, 1.807) is 0 Å². The van der Waals surface area contributed by atoms with Crippen LogP contribution in [0.2, 0.25) is 5.02 Å². The maximum absolute atomic E-state index is 6.26. The second kappa shape index (κ2) is 5.17. The molecule has 1 unspecified atom stereocenters. The summed E-state index contributed by atoms with van der Waals surface area (Å²) in [6.07, 6.45) is 2.73. The Bertz CT molecular complexity index is 413. The van der Waals surface area contributed by atoms with Crippen LogP contribution in [0.4, 0.5) is 0 Å². The fraction of sp³-hybridized carbons (Fsp3) is 0.571. The van der Waals surface area contributed by atoms with Crippen LogP contribution in [0.15, 0.2) is 24.3 Å². The van der Waals surface area contributed by atoms with Gasteiger partial charge < -0.3 is 14.8 Å². The predicted molar refractivity (Wildman–Crippen MR) is 70.7 cm³/mol. The van der Waals surface area contributed by atoms with Gasteiger partial charge in [0.1, 0.15) is 0 Å². The maximum Gasteiger partial charge on any atom is 0.171 e. The second-order valence-corrected chi connectivity index (χ2v) is 5.35. The van der Waals surface area contributed by atoms with E-state index in [2.05, 4.69) is 11.4 Å². The first-order valence-electron chi connectivity index (χ1n) is 6.55. The molecule has 0 aromatic heterocycles. The number of piperidine rings is 1. The zero-order chi connectivity index (χ0) is 12.4. The van der Waals surface area contributed by atoms with E-state index in [1.165, 1.54) is 0 Å². The van der Waals surface area contributed by atoms with E-state index in [0.717, 1.165) is 49.6 Å². The molecule has 2 aliphatic heterocycles. The third kappa shape index (κ3) is 2.41. The molecule has 18 heavy (non-hydrogen) atoms. The number of nitrogens with one attached hydrogen (secondary N) is 1. The topological polar surface area (TPSA) is 30.5 Å². The van der Waals surface area contributed by atoms with E-state index in [1.807, 2.05) is 18.2 Å². The molecule has 4 heteroatoms. The van der Waals surface area contributed by atoms with Crippen LogP contribution < -0.4 is 5.32 Å². The quantitative estimate of drug-likeness (QED) is 0.849. The van der Waals surface area contributed by atoms with E-state index < -0.39 is 5.79 Å². The molecular weight excluding hydrogens is 250 g/mol. The summed E-state index contributed by atoms with van der Waals surface area (Å²) in [6, 6.07) is 8.19. The van der Waals surface area contributed by atoms with Gasteiger partial charge in [-0.25, -0.2) is 0 Å². The van der Waals surface area contributed by atoms with E-state index in [-0.39, 0.29) is 6.04 Å². The van der Waals surface area contributed by atoms with Gasteiger partial charge in [0.2, 0.25) is 0 Å². The highest BCUT2D eigenvalue weighted by Crippen LogP contribution is 2.37. The molecular formula is C14H18ClNO2. The second-order valence-electron chi connectivity index (χ2n) is 4.94. The Hall–Kier alpha value is -0.610. The fourth-order valence-corrected chi connectivity index (χ4v) is 3.05. The van der Waals surface area contributed by atoms with Gasteiger partial charge in [0.05, 0.1) is 13.2 Å². The number of benzene rings is 1. The van der Waals surface area contributed by atoms with Crippen molar-refractivity contribution in [3.8, 4) is 0 Å². The van der Waals surface area contributed by atoms with Crippen molar-refractivity contribution in [1.29, 1.82) is 0 Å². The van der Waals surface area contributed by atoms with Crippen LogP contribution in [0.1, 0.15) is 30.9 Å². The largest absolute Gasteiger partial charge is 0.350 e. The number of rotatable bonds is 1. The monoisotopic (exact) mass is 267 g/mol. The smallest absolute Gasteiger partial charge is 0.171 e. The molecule has 2 heterocycles. The lowest BCUT2D eigenvalue weighted by molar-refractivity contribution is -0.281. The number of hydrogen-bond acceptors (Lipinski definition) is 3. The van der Waals surface area contributed by atoms with Gasteiger partial charge in [0.25, 0.3) is 0 Å². The lowest BCUT2D eigenvalue weighted by Gasteiger charge is -2.43. The van der Waals surface area contributed by atoms with Gasteiger partial charge in [-0.3, -0.25) is 0 Å². The van der Waals surface area contributed by atoms with Crippen molar-refractivity contribution >= 4 is 11.6 Å². The summed E-state index contributed by atoms with van der Waals surface area (Å²) in [7, 11) is 0. The van der Waals surface area contributed by atoms with Gasteiger partial charge in [-0.1, -0.05) is 29.8 Å². The molecule has 1 atom stereocenters. The van der Waals surface area contributed by atoms with E-state index in [4.69, 9.17) is 21.1 Å². The SMILES string of the molecule is Clc1ccccc1C1CC2(CCN1)OCCCO2. The number of ether oxygens (including phenoxy) is 2. The van der Waals surface area contributed by atoms with Crippen LogP contribution >= 0.6 is 11.6 Å². The van der Waals surface area contributed by atoms with Crippen molar-refractivity contribution < 1.29 is 9.47 Å². The molecule has 0 amide bonds. The Morgan fingerprint density at radius 1 is 1.22 bits per heavy atom. The van der Waals surface area contributed by atoms with Crippen molar-refractivity contribution in [2.24, 2.45) is 0 Å². The maximum atomic E-state index is 6.26. The van der Waals surface area contributed by atoms with Crippen molar-refractivity contribution in [2.45, 2.75) is 31.1 Å². The minimum absolute atomic E-state index is 0.213. The predicted octanol–water partition coefficient (Wildman–Crippen LogP) is 2.90. The molecule has 3 rings (SSSR count). The third-order valence-electron chi connectivity index (χ3n) is 3.71. The summed E-state index contributed by atoms with van der Waals surface area (Å²) >= 11 is 6.26. The van der Waals surface area contributed by atoms with Crippen LogP contribution in [-0.4, -0.2) is 25.5 Å². The molecule has 0 aliphatic carbocycles. The van der Waals surface area contributed by atoms with Crippen molar-refractivity contribution in [3.05, 3.63) is 34.9 Å². The van der Waals surface area contributed by atoms with E-state index in [9.17, 15) is 0 Å². The lowest BCUT2D eigenvalue weighted by Crippen LogP contribution is -2.49. The minimum Gasteiger partial charge on any atom is -0.350 e. The lowest BCUT2D eigenvalue weighted by atomic mass is 9.92. The number of halogens is 1. The van der Waals surface area contributed by atoms with Crippen molar-refractivity contribution in [2.75, 3.05) is 19.8 Å². The molecule has 0 radical (unpaired) electrons. The Labute approximate surface area is 112 Å². The van der Waals surface area contributed by atoms with Crippen LogP contribution in [0, 0.1) is 0 Å². The fourth-order valence-electron chi connectivity index (χ4n) is 2.78. The van der Waals surface area contributed by atoms with Crippen molar-refractivity contribution in [1.82, 2.24) is 5.32 Å². The molecule has 2 fully saturated rings. The van der Waals surface area contributed by atoms with Gasteiger partial charge in [-0.15, -0.1) is 0 Å². The van der Waals surface area contributed by atoms with Crippen LogP contribution in [0.3, 0.4) is 0 Å². The molecule has 2 saturated heterocycles. The minimum atomic E-state index is -0.395. The van der Waals surface area contributed by atoms with Crippen LogP contribution in [-0.2, 0) is 9.47 Å². The molecule has 3 nitrogen and oxygen atoms in total. The van der Waals surface area contributed by atoms with Gasteiger partial charge in [0, 0.05) is 30.5 Å². The van der Waals surface area contributed by atoms with Gasteiger partial charge in [0.15, 0.2) is 5.79 Å². The average molecular weight is 268 g/mol. The van der Waals surface area contributed by atoms with Gasteiger partial charge >= 0.3 is 0 Å². The van der Waals surface area contributed by atoms with E-state index in [0.29, 0.717) is 0 Å². The summed E-state index contributed by atoms with van der Waals surface area (Å²) < 4.78 is 11.8. The Balaban J connectivity index is 1.80. The molecule has 0 saturated carbocycles. The normalized spacial score (nSPS) is 27.3. The zero-order valence-electron chi connectivity index (χ0n) is 10.3. The molecule has 2 aliphatic rings. The van der Waals surface area contributed by atoms with Crippen LogP contribution in [0.5, 0.6) is 0 Å². The molecule has 1 N–H and O–H groups in total. The van der Waals surface area contributed by atoms with Gasteiger partial charge in [-0.2, -0.15) is 0 Å². The molecule has 1 aromatic carbocycles. The number of hydrogen-bond donors (Lipinski definition) is 1. The third-order valence-corrected chi connectivity index (χ3v) is 4.06. The summed E-state index contributed by atoms with van der Waals surface area (Å²) in [4.78, 5) is 0. The highest BCUT2D eigenvalue weighted by Gasteiger charge is 2.40.